The number of aromatic nitrogens is 6. The van der Waals surface area contributed by atoms with Gasteiger partial charge in [-0.05, 0) is 39.3 Å². The largest absolute Gasteiger partial charge is 0.344 e. The SMILES string of the molecule is Cc1cc(C)n2c(CNC(=O)c3sc4nc(C)[nH]c(=O)c4c3C)nnc2n1. The van der Waals surface area contributed by atoms with Crippen molar-refractivity contribution in [2.75, 3.05) is 0 Å². The zero-order chi connectivity index (χ0) is 19.3. The molecule has 2 N–H and O–H groups in total. The summed E-state index contributed by atoms with van der Waals surface area (Å²) < 4.78 is 1.81. The fourth-order valence-corrected chi connectivity index (χ4v) is 4.26. The van der Waals surface area contributed by atoms with Crippen LogP contribution in [0.3, 0.4) is 0 Å². The second kappa shape index (κ2) is 6.23. The lowest BCUT2D eigenvalue weighted by molar-refractivity contribution is 0.0953. The molecule has 1 amide bonds. The molecule has 4 rings (SSSR count). The van der Waals surface area contributed by atoms with Gasteiger partial charge in [0.15, 0.2) is 5.82 Å². The van der Waals surface area contributed by atoms with Crippen molar-refractivity contribution in [3.63, 3.8) is 0 Å². The lowest BCUT2D eigenvalue weighted by Gasteiger charge is -2.06. The first-order chi connectivity index (χ1) is 12.8. The van der Waals surface area contributed by atoms with E-state index in [0.29, 0.717) is 38.1 Å². The van der Waals surface area contributed by atoms with Gasteiger partial charge in [-0.1, -0.05) is 0 Å². The smallest absolute Gasteiger partial charge is 0.262 e. The lowest BCUT2D eigenvalue weighted by atomic mass is 10.2. The normalized spacial score (nSPS) is 11.4. The van der Waals surface area contributed by atoms with Crippen LogP contribution >= 0.6 is 11.3 Å². The summed E-state index contributed by atoms with van der Waals surface area (Å²) in [4.78, 5) is 37.2. The first-order valence-corrected chi connectivity index (χ1v) is 9.13. The summed E-state index contributed by atoms with van der Waals surface area (Å²) >= 11 is 1.21. The Labute approximate surface area is 157 Å². The molecule has 0 atom stereocenters. The molecule has 4 aromatic heterocycles. The van der Waals surface area contributed by atoms with Crippen LogP contribution in [0.2, 0.25) is 0 Å². The summed E-state index contributed by atoms with van der Waals surface area (Å²) in [6.45, 7) is 7.49. The Bertz CT molecular complexity index is 1270. The molecule has 138 valence electrons. The van der Waals surface area contributed by atoms with Gasteiger partial charge >= 0.3 is 0 Å². The van der Waals surface area contributed by atoms with Crippen molar-refractivity contribution in [3.8, 4) is 0 Å². The van der Waals surface area contributed by atoms with Gasteiger partial charge in [0.25, 0.3) is 17.2 Å². The van der Waals surface area contributed by atoms with Crippen LogP contribution in [0.15, 0.2) is 10.9 Å². The van der Waals surface area contributed by atoms with Crippen molar-refractivity contribution < 1.29 is 4.79 Å². The van der Waals surface area contributed by atoms with Crippen LogP contribution in [0.1, 0.15) is 38.3 Å². The topological polar surface area (TPSA) is 118 Å². The van der Waals surface area contributed by atoms with Crippen molar-refractivity contribution in [1.29, 1.82) is 0 Å². The van der Waals surface area contributed by atoms with E-state index in [1.54, 1.807) is 18.2 Å². The molecule has 10 heteroatoms. The van der Waals surface area contributed by atoms with Crippen molar-refractivity contribution in [1.82, 2.24) is 34.9 Å². The van der Waals surface area contributed by atoms with E-state index in [1.165, 1.54) is 11.3 Å². The van der Waals surface area contributed by atoms with Crippen LogP contribution < -0.4 is 10.9 Å². The number of fused-ring (bicyclic) bond motifs is 2. The summed E-state index contributed by atoms with van der Waals surface area (Å²) in [5.74, 6) is 1.34. The van der Waals surface area contributed by atoms with Crippen LogP contribution in [0.25, 0.3) is 16.0 Å². The highest BCUT2D eigenvalue weighted by Gasteiger charge is 2.19. The molecule has 0 aliphatic carbocycles. The number of carbonyl (C=O) groups excluding carboxylic acids is 1. The molecule has 0 aliphatic rings. The van der Waals surface area contributed by atoms with E-state index in [2.05, 4.69) is 30.5 Å². The van der Waals surface area contributed by atoms with Gasteiger partial charge in [0.1, 0.15) is 10.7 Å². The minimum Gasteiger partial charge on any atom is -0.344 e. The molecule has 0 aromatic carbocycles. The first-order valence-electron chi connectivity index (χ1n) is 8.31. The average molecular weight is 383 g/mol. The zero-order valence-electron chi connectivity index (χ0n) is 15.2. The first kappa shape index (κ1) is 17.3. The van der Waals surface area contributed by atoms with Gasteiger partial charge < -0.3 is 10.3 Å². The van der Waals surface area contributed by atoms with Gasteiger partial charge in [0.2, 0.25) is 0 Å². The Morgan fingerprint density at radius 3 is 2.78 bits per heavy atom. The lowest BCUT2D eigenvalue weighted by Crippen LogP contribution is -2.24. The van der Waals surface area contributed by atoms with Gasteiger partial charge in [-0.15, -0.1) is 21.5 Å². The molecule has 0 spiro atoms. The molecule has 0 saturated carbocycles. The third-order valence-electron chi connectivity index (χ3n) is 4.29. The van der Waals surface area contributed by atoms with Crippen LogP contribution in [0, 0.1) is 27.7 Å². The number of amides is 1. The number of aromatic amines is 1. The second-order valence-corrected chi connectivity index (χ2v) is 7.36. The van der Waals surface area contributed by atoms with Crippen LogP contribution in [-0.2, 0) is 6.54 Å². The molecular formula is C17H17N7O2S. The highest BCUT2D eigenvalue weighted by Crippen LogP contribution is 2.26. The fraction of sp³-hybridized carbons (Fsp3) is 0.294. The number of H-pyrrole nitrogens is 1. The molecule has 4 heterocycles. The molecule has 9 nitrogen and oxygen atoms in total. The summed E-state index contributed by atoms with van der Waals surface area (Å²) in [6, 6.07) is 1.93. The van der Waals surface area contributed by atoms with Gasteiger partial charge in [0, 0.05) is 11.4 Å². The van der Waals surface area contributed by atoms with Crippen LogP contribution in [0.5, 0.6) is 0 Å². The summed E-state index contributed by atoms with van der Waals surface area (Å²) in [7, 11) is 0. The highest BCUT2D eigenvalue weighted by molar-refractivity contribution is 7.20. The number of carbonyl (C=O) groups is 1. The van der Waals surface area contributed by atoms with Gasteiger partial charge in [0.05, 0.1) is 16.8 Å². The van der Waals surface area contributed by atoms with E-state index >= 15 is 0 Å². The number of nitrogens with zero attached hydrogens (tertiary/aromatic N) is 5. The molecular weight excluding hydrogens is 366 g/mol. The number of hydrogen-bond acceptors (Lipinski definition) is 7. The van der Waals surface area contributed by atoms with Crippen molar-refractivity contribution in [2.45, 2.75) is 34.2 Å². The van der Waals surface area contributed by atoms with E-state index in [0.717, 1.165) is 11.4 Å². The second-order valence-electron chi connectivity index (χ2n) is 6.36. The molecule has 0 saturated heterocycles. The Kier molecular flexibility index (Phi) is 3.99. The van der Waals surface area contributed by atoms with Crippen LogP contribution in [0.4, 0.5) is 0 Å². The van der Waals surface area contributed by atoms with E-state index in [1.807, 2.05) is 19.9 Å². The minimum absolute atomic E-state index is 0.197. The molecule has 0 radical (unpaired) electrons. The molecule has 4 aromatic rings. The average Bonchev–Trinajstić information content (AvgIpc) is 3.13. The zero-order valence-corrected chi connectivity index (χ0v) is 16.1. The maximum Gasteiger partial charge on any atom is 0.262 e. The molecule has 0 unspecified atom stereocenters. The Morgan fingerprint density at radius 2 is 2.00 bits per heavy atom. The van der Waals surface area contributed by atoms with E-state index in [-0.39, 0.29) is 18.0 Å². The quantitative estimate of drug-likeness (QED) is 0.555. The van der Waals surface area contributed by atoms with Crippen LogP contribution in [-0.4, -0.2) is 35.5 Å². The Hall–Kier alpha value is -3.14. The van der Waals surface area contributed by atoms with Crippen molar-refractivity contribution in [3.05, 3.63) is 49.9 Å². The predicted octanol–water partition coefficient (Wildman–Crippen LogP) is 1.59. The number of thiophene rings is 1. The summed E-state index contributed by atoms with van der Waals surface area (Å²) in [5.41, 5.74) is 2.19. The molecule has 0 bridgehead atoms. The molecule has 0 aliphatic heterocycles. The van der Waals surface area contributed by atoms with Crippen molar-refractivity contribution in [2.24, 2.45) is 0 Å². The maximum atomic E-state index is 12.7. The van der Waals surface area contributed by atoms with E-state index in [9.17, 15) is 9.59 Å². The monoisotopic (exact) mass is 383 g/mol. The number of nitrogens with one attached hydrogen (secondary N) is 2. The molecule has 0 fully saturated rings. The number of hydrogen-bond donors (Lipinski definition) is 2. The summed E-state index contributed by atoms with van der Waals surface area (Å²) in [5, 5.41) is 11.5. The third-order valence-corrected chi connectivity index (χ3v) is 5.48. The maximum absolute atomic E-state index is 12.7. The van der Waals surface area contributed by atoms with Gasteiger partial charge in [-0.2, -0.15) is 0 Å². The highest BCUT2D eigenvalue weighted by atomic mass is 32.1. The summed E-state index contributed by atoms with van der Waals surface area (Å²) in [6.07, 6.45) is 0. The number of rotatable bonds is 3. The minimum atomic E-state index is -0.276. The van der Waals surface area contributed by atoms with Crippen molar-refractivity contribution >= 4 is 33.2 Å². The standard InChI is InChI=1S/C17H17N7O2S/c1-7-5-8(2)24-11(22-23-17(24)19-7)6-18-15(26)13-9(3)12-14(25)20-10(4)21-16(12)27-13/h5H,6H2,1-4H3,(H,18,26)(H,20,21,25). The van der Waals surface area contributed by atoms with E-state index in [4.69, 9.17) is 0 Å². The Balaban J connectivity index is 1.64. The Morgan fingerprint density at radius 1 is 1.22 bits per heavy atom. The van der Waals surface area contributed by atoms with Gasteiger partial charge in [-0.3, -0.25) is 14.0 Å². The molecule has 27 heavy (non-hydrogen) atoms. The predicted molar refractivity (Wildman–Crippen MR) is 101 cm³/mol. The van der Waals surface area contributed by atoms with Gasteiger partial charge in [-0.25, -0.2) is 9.97 Å². The van der Waals surface area contributed by atoms with E-state index < -0.39 is 0 Å². The number of aryl methyl sites for hydroxylation is 4. The fourth-order valence-electron chi connectivity index (χ4n) is 3.12. The third kappa shape index (κ3) is 2.87.